The molecule has 7 heteroatoms. The Hall–Kier alpha value is -2.08. The summed E-state index contributed by atoms with van der Waals surface area (Å²) < 4.78 is 0. The molecule has 1 aromatic carbocycles. The largest absolute Gasteiger partial charge is 0.335 e. The van der Waals surface area contributed by atoms with Gasteiger partial charge in [0.25, 0.3) is 0 Å². The summed E-state index contributed by atoms with van der Waals surface area (Å²) in [6.07, 6.45) is 2.28. The van der Waals surface area contributed by atoms with Crippen molar-refractivity contribution in [2.24, 2.45) is 0 Å². The molecule has 0 bridgehead atoms. The van der Waals surface area contributed by atoms with Crippen LogP contribution in [-0.2, 0) is 14.4 Å². The molecule has 6 nitrogen and oxygen atoms in total. The van der Waals surface area contributed by atoms with Crippen LogP contribution in [0.3, 0.4) is 0 Å². The number of benzene rings is 1. The van der Waals surface area contributed by atoms with E-state index in [2.05, 4.69) is 5.32 Å². The van der Waals surface area contributed by atoms with Crippen LogP contribution in [0, 0.1) is 0 Å². The van der Waals surface area contributed by atoms with E-state index >= 15 is 0 Å². The topological polar surface area (TPSA) is 69.7 Å². The Morgan fingerprint density at radius 1 is 1.35 bits per heavy atom. The zero-order valence-corrected chi connectivity index (χ0v) is 13.8. The van der Waals surface area contributed by atoms with E-state index in [0.29, 0.717) is 23.7 Å². The van der Waals surface area contributed by atoms with Crippen molar-refractivity contribution in [3.63, 3.8) is 0 Å². The van der Waals surface area contributed by atoms with E-state index in [4.69, 9.17) is 11.6 Å². The highest BCUT2D eigenvalue weighted by Gasteiger charge is 2.22. The molecule has 2 rings (SSSR count). The molecule has 0 aliphatic carbocycles. The van der Waals surface area contributed by atoms with Crippen LogP contribution in [0.1, 0.15) is 19.3 Å². The number of likely N-dealkylation sites (N-methyl/N-ethyl adjacent to an activating group) is 1. The first kappa shape index (κ1) is 17.3. The summed E-state index contributed by atoms with van der Waals surface area (Å²) in [7, 11) is 1.55. The number of hydrogen-bond acceptors (Lipinski definition) is 3. The lowest BCUT2D eigenvalue weighted by molar-refractivity contribution is -0.142. The van der Waals surface area contributed by atoms with Gasteiger partial charge in [-0.15, -0.1) is 0 Å². The maximum Gasteiger partial charge on any atom is 0.243 e. The second-order valence-corrected chi connectivity index (χ2v) is 6.02. The van der Waals surface area contributed by atoms with Crippen LogP contribution in [0.4, 0.5) is 5.69 Å². The molecule has 1 aliphatic heterocycles. The quantitative estimate of drug-likeness (QED) is 0.890. The van der Waals surface area contributed by atoms with E-state index in [9.17, 15) is 14.4 Å². The standard InChI is InChI=1S/C16H20ClN3O3/c1-19(16(23)11-20-8-3-2-7-15(20)22)10-14(21)18-13-6-4-5-12(17)9-13/h4-6,9H,2-3,7-8,10-11H2,1H3,(H,18,21). The van der Waals surface area contributed by atoms with Crippen molar-refractivity contribution in [2.45, 2.75) is 19.3 Å². The van der Waals surface area contributed by atoms with Crippen molar-refractivity contribution in [1.82, 2.24) is 9.80 Å². The van der Waals surface area contributed by atoms with Crippen LogP contribution in [0.15, 0.2) is 24.3 Å². The molecule has 0 spiro atoms. The van der Waals surface area contributed by atoms with Crippen molar-refractivity contribution in [3.8, 4) is 0 Å². The normalized spacial score (nSPS) is 14.5. The molecule has 3 amide bonds. The summed E-state index contributed by atoms with van der Waals surface area (Å²) in [4.78, 5) is 38.7. The van der Waals surface area contributed by atoms with Crippen LogP contribution in [0.25, 0.3) is 0 Å². The second kappa shape index (κ2) is 7.97. The van der Waals surface area contributed by atoms with Gasteiger partial charge in [0.05, 0.1) is 13.1 Å². The first-order valence-electron chi connectivity index (χ1n) is 7.53. The fourth-order valence-electron chi connectivity index (χ4n) is 2.38. The summed E-state index contributed by atoms with van der Waals surface area (Å²) in [5.41, 5.74) is 0.578. The van der Waals surface area contributed by atoms with Gasteiger partial charge >= 0.3 is 0 Å². The monoisotopic (exact) mass is 337 g/mol. The average molecular weight is 338 g/mol. The maximum absolute atomic E-state index is 12.1. The van der Waals surface area contributed by atoms with Gasteiger partial charge in [0, 0.05) is 30.7 Å². The third-order valence-corrected chi connectivity index (χ3v) is 3.90. The Kier molecular flexibility index (Phi) is 5.98. The first-order valence-corrected chi connectivity index (χ1v) is 7.90. The van der Waals surface area contributed by atoms with Gasteiger partial charge in [0.2, 0.25) is 17.7 Å². The lowest BCUT2D eigenvalue weighted by atomic mass is 10.1. The minimum Gasteiger partial charge on any atom is -0.335 e. The van der Waals surface area contributed by atoms with Gasteiger partial charge in [-0.2, -0.15) is 0 Å². The van der Waals surface area contributed by atoms with Crippen molar-refractivity contribution >= 4 is 35.0 Å². The Balaban J connectivity index is 1.82. The molecule has 1 N–H and O–H groups in total. The SMILES string of the molecule is CN(CC(=O)Nc1cccc(Cl)c1)C(=O)CN1CCCCC1=O. The number of carbonyl (C=O) groups is 3. The predicted molar refractivity (Wildman–Crippen MR) is 88.1 cm³/mol. The van der Waals surface area contributed by atoms with Crippen molar-refractivity contribution < 1.29 is 14.4 Å². The van der Waals surface area contributed by atoms with E-state index < -0.39 is 0 Å². The van der Waals surface area contributed by atoms with Crippen molar-refractivity contribution in [1.29, 1.82) is 0 Å². The highest BCUT2D eigenvalue weighted by atomic mass is 35.5. The van der Waals surface area contributed by atoms with Gasteiger partial charge in [-0.05, 0) is 31.0 Å². The van der Waals surface area contributed by atoms with Gasteiger partial charge in [-0.1, -0.05) is 17.7 Å². The minimum absolute atomic E-state index is 0.00128. The predicted octanol–water partition coefficient (Wildman–Crippen LogP) is 1.75. The second-order valence-electron chi connectivity index (χ2n) is 5.58. The van der Waals surface area contributed by atoms with E-state index in [1.165, 1.54) is 4.90 Å². The third kappa shape index (κ3) is 5.25. The average Bonchev–Trinajstić information content (AvgIpc) is 2.49. The Labute approximate surface area is 140 Å². The maximum atomic E-state index is 12.1. The molecular weight excluding hydrogens is 318 g/mol. The summed E-state index contributed by atoms with van der Waals surface area (Å²) in [6.45, 7) is 0.556. The zero-order valence-electron chi connectivity index (χ0n) is 13.0. The molecule has 1 fully saturated rings. The summed E-state index contributed by atoms with van der Waals surface area (Å²) >= 11 is 5.85. The number of likely N-dealkylation sites (tertiary alicyclic amines) is 1. The summed E-state index contributed by atoms with van der Waals surface area (Å²) in [6, 6.07) is 6.79. The molecule has 1 heterocycles. The van der Waals surface area contributed by atoms with Gasteiger partial charge in [-0.3, -0.25) is 14.4 Å². The van der Waals surface area contributed by atoms with Crippen LogP contribution in [0.2, 0.25) is 5.02 Å². The molecule has 0 aromatic heterocycles. The van der Waals surface area contributed by atoms with Gasteiger partial charge in [0.15, 0.2) is 0 Å². The van der Waals surface area contributed by atoms with Gasteiger partial charge in [-0.25, -0.2) is 0 Å². The molecule has 0 radical (unpaired) electrons. The lowest BCUT2D eigenvalue weighted by Gasteiger charge is -2.28. The van der Waals surface area contributed by atoms with Gasteiger partial charge in [0.1, 0.15) is 0 Å². The van der Waals surface area contributed by atoms with Crippen LogP contribution >= 0.6 is 11.6 Å². The molecule has 1 aromatic rings. The number of carbonyl (C=O) groups excluding carboxylic acids is 3. The first-order chi connectivity index (χ1) is 11.0. The fourth-order valence-corrected chi connectivity index (χ4v) is 2.57. The number of hydrogen-bond donors (Lipinski definition) is 1. The lowest BCUT2D eigenvalue weighted by Crippen LogP contribution is -2.45. The zero-order chi connectivity index (χ0) is 16.8. The van der Waals surface area contributed by atoms with Crippen LogP contribution in [-0.4, -0.2) is 54.2 Å². The number of anilines is 1. The molecule has 23 heavy (non-hydrogen) atoms. The molecule has 0 atom stereocenters. The highest BCUT2D eigenvalue weighted by molar-refractivity contribution is 6.30. The number of halogens is 1. The van der Waals surface area contributed by atoms with Crippen molar-refractivity contribution in [3.05, 3.63) is 29.3 Å². The van der Waals surface area contributed by atoms with E-state index in [1.807, 2.05) is 0 Å². The van der Waals surface area contributed by atoms with E-state index in [-0.39, 0.29) is 30.8 Å². The van der Waals surface area contributed by atoms with Gasteiger partial charge < -0.3 is 15.1 Å². The molecule has 0 saturated carbocycles. The molecule has 124 valence electrons. The van der Waals surface area contributed by atoms with Crippen LogP contribution in [0.5, 0.6) is 0 Å². The Bertz CT molecular complexity index is 606. The van der Waals surface area contributed by atoms with E-state index in [1.54, 1.807) is 36.2 Å². The number of nitrogens with one attached hydrogen (secondary N) is 1. The molecule has 1 aliphatic rings. The summed E-state index contributed by atoms with van der Waals surface area (Å²) in [5, 5.41) is 3.21. The Morgan fingerprint density at radius 3 is 2.83 bits per heavy atom. The third-order valence-electron chi connectivity index (χ3n) is 3.66. The molecule has 1 saturated heterocycles. The van der Waals surface area contributed by atoms with Crippen LogP contribution < -0.4 is 5.32 Å². The fraction of sp³-hybridized carbons (Fsp3) is 0.438. The Morgan fingerprint density at radius 2 is 2.13 bits per heavy atom. The highest BCUT2D eigenvalue weighted by Crippen LogP contribution is 2.15. The number of piperidine rings is 1. The minimum atomic E-state index is -0.312. The van der Waals surface area contributed by atoms with Crippen molar-refractivity contribution in [2.75, 3.05) is 32.0 Å². The molecule has 0 unspecified atom stereocenters. The summed E-state index contributed by atoms with van der Waals surface area (Å²) in [5.74, 6) is -0.559. The van der Waals surface area contributed by atoms with E-state index in [0.717, 1.165) is 12.8 Å². The number of rotatable bonds is 5. The number of amides is 3. The smallest absolute Gasteiger partial charge is 0.243 e. The molecular formula is C16H20ClN3O3. The number of nitrogens with zero attached hydrogens (tertiary/aromatic N) is 2.